The molecule has 3 rings (SSSR count). The van der Waals surface area contributed by atoms with E-state index in [9.17, 15) is 4.79 Å². The zero-order valence-corrected chi connectivity index (χ0v) is 14.7. The van der Waals surface area contributed by atoms with E-state index in [2.05, 4.69) is 15.2 Å². The minimum atomic E-state index is -0.763. The zero-order valence-electron chi connectivity index (χ0n) is 13.9. The van der Waals surface area contributed by atoms with Crippen molar-refractivity contribution in [2.24, 2.45) is 10.7 Å². The number of carbonyl (C=O) groups is 1. The van der Waals surface area contributed by atoms with Gasteiger partial charge in [0, 0.05) is 17.5 Å². The van der Waals surface area contributed by atoms with Gasteiger partial charge < -0.3 is 5.73 Å². The first-order valence-corrected chi connectivity index (χ1v) is 8.47. The smallest absolute Gasteiger partial charge is 0.242 e. The standard InChI is InChI=1S/C20H17ClN4O/c21-18-12-11-16(24-25-18)13-17(20(22)26)23-19(14-7-3-1-4-8-14)15-9-5-2-6-10-15/h1-12,17H,13H2,(H2,22,26). The van der Waals surface area contributed by atoms with Crippen LogP contribution in [0.1, 0.15) is 16.8 Å². The van der Waals surface area contributed by atoms with E-state index in [1.807, 2.05) is 60.7 Å². The van der Waals surface area contributed by atoms with Gasteiger partial charge in [0.15, 0.2) is 5.15 Å². The number of benzene rings is 2. The lowest BCUT2D eigenvalue weighted by Gasteiger charge is -2.13. The van der Waals surface area contributed by atoms with Crippen molar-refractivity contribution < 1.29 is 4.79 Å². The molecule has 6 heteroatoms. The van der Waals surface area contributed by atoms with Gasteiger partial charge in [-0.05, 0) is 12.1 Å². The van der Waals surface area contributed by atoms with Gasteiger partial charge in [-0.2, -0.15) is 5.10 Å². The lowest BCUT2D eigenvalue weighted by atomic mass is 10.0. The molecule has 2 N–H and O–H groups in total. The summed E-state index contributed by atoms with van der Waals surface area (Å²) >= 11 is 5.76. The Balaban J connectivity index is 2.00. The van der Waals surface area contributed by atoms with Crippen molar-refractivity contribution in [1.82, 2.24) is 10.2 Å². The molecule has 1 unspecified atom stereocenters. The average molecular weight is 365 g/mol. The molecule has 26 heavy (non-hydrogen) atoms. The Kier molecular flexibility index (Phi) is 5.71. The molecular formula is C20H17ClN4O. The Morgan fingerprint density at radius 3 is 1.96 bits per heavy atom. The fraction of sp³-hybridized carbons (Fsp3) is 0.100. The Morgan fingerprint density at radius 2 is 1.50 bits per heavy atom. The van der Waals surface area contributed by atoms with Crippen LogP contribution in [-0.4, -0.2) is 27.9 Å². The number of carbonyl (C=O) groups excluding carboxylic acids is 1. The first kappa shape index (κ1) is 17.8. The van der Waals surface area contributed by atoms with Crippen molar-refractivity contribution in [3.05, 3.63) is 94.8 Å². The van der Waals surface area contributed by atoms with Crippen molar-refractivity contribution in [1.29, 1.82) is 0 Å². The van der Waals surface area contributed by atoms with Gasteiger partial charge in [0.1, 0.15) is 6.04 Å². The predicted molar refractivity (Wildman–Crippen MR) is 102 cm³/mol. The number of hydrogen-bond acceptors (Lipinski definition) is 4. The van der Waals surface area contributed by atoms with E-state index >= 15 is 0 Å². The molecule has 1 amide bonds. The second kappa shape index (κ2) is 8.36. The highest BCUT2D eigenvalue weighted by Crippen LogP contribution is 2.14. The molecule has 0 saturated carbocycles. The highest BCUT2D eigenvalue weighted by Gasteiger charge is 2.18. The van der Waals surface area contributed by atoms with E-state index in [4.69, 9.17) is 17.3 Å². The highest BCUT2D eigenvalue weighted by atomic mass is 35.5. The number of nitrogens with two attached hydrogens (primary N) is 1. The van der Waals surface area contributed by atoms with Crippen LogP contribution in [0.25, 0.3) is 0 Å². The molecule has 0 spiro atoms. The van der Waals surface area contributed by atoms with Crippen LogP contribution in [0, 0.1) is 0 Å². The monoisotopic (exact) mass is 364 g/mol. The van der Waals surface area contributed by atoms with Crippen molar-refractivity contribution >= 4 is 23.2 Å². The summed E-state index contributed by atoms with van der Waals surface area (Å²) in [5, 5.41) is 8.09. The van der Waals surface area contributed by atoms with Gasteiger partial charge in [0.05, 0.1) is 11.4 Å². The number of aliphatic imine (C=N–C) groups is 1. The van der Waals surface area contributed by atoms with Gasteiger partial charge in [-0.25, -0.2) is 0 Å². The minimum Gasteiger partial charge on any atom is -0.368 e. The predicted octanol–water partition coefficient (Wildman–Crippen LogP) is 3.06. The zero-order chi connectivity index (χ0) is 18.4. The van der Waals surface area contributed by atoms with Crippen LogP contribution < -0.4 is 5.73 Å². The Bertz CT molecular complexity index is 855. The lowest BCUT2D eigenvalue weighted by molar-refractivity contribution is -0.119. The molecule has 2 aromatic carbocycles. The number of amides is 1. The molecule has 0 aliphatic heterocycles. The van der Waals surface area contributed by atoms with Gasteiger partial charge in [-0.15, -0.1) is 5.10 Å². The van der Waals surface area contributed by atoms with Gasteiger partial charge >= 0.3 is 0 Å². The maximum Gasteiger partial charge on any atom is 0.242 e. The second-order valence-corrected chi connectivity index (χ2v) is 6.07. The molecule has 1 aromatic heterocycles. The Morgan fingerprint density at radius 1 is 0.923 bits per heavy atom. The summed E-state index contributed by atoms with van der Waals surface area (Å²) in [6, 6.07) is 22.0. The summed E-state index contributed by atoms with van der Waals surface area (Å²) < 4.78 is 0. The molecule has 0 fully saturated rings. The maximum absolute atomic E-state index is 12.0. The number of halogens is 1. The number of primary amides is 1. The number of aromatic nitrogens is 2. The van der Waals surface area contributed by atoms with E-state index in [1.165, 1.54) is 0 Å². The highest BCUT2D eigenvalue weighted by molar-refractivity contribution is 6.29. The van der Waals surface area contributed by atoms with Crippen molar-refractivity contribution in [2.75, 3.05) is 0 Å². The Labute approximate surface area is 156 Å². The van der Waals surface area contributed by atoms with E-state index in [-0.39, 0.29) is 6.42 Å². The summed E-state index contributed by atoms with van der Waals surface area (Å²) in [5.74, 6) is -0.522. The molecule has 0 saturated heterocycles. The molecule has 0 aliphatic rings. The normalized spacial score (nSPS) is 11.6. The SMILES string of the molecule is NC(=O)C(Cc1ccc(Cl)nn1)N=C(c1ccccc1)c1ccccc1. The molecular weight excluding hydrogens is 348 g/mol. The molecule has 0 bridgehead atoms. The quantitative estimate of drug-likeness (QED) is 0.682. The molecule has 0 radical (unpaired) electrons. The third-order valence-electron chi connectivity index (χ3n) is 3.80. The van der Waals surface area contributed by atoms with E-state index in [0.29, 0.717) is 16.6 Å². The first-order chi connectivity index (χ1) is 12.6. The molecule has 3 aromatic rings. The van der Waals surface area contributed by atoms with Crippen LogP contribution in [0.4, 0.5) is 0 Å². The maximum atomic E-state index is 12.0. The largest absolute Gasteiger partial charge is 0.368 e. The van der Waals surface area contributed by atoms with Crippen molar-refractivity contribution in [2.45, 2.75) is 12.5 Å². The topological polar surface area (TPSA) is 81.2 Å². The van der Waals surface area contributed by atoms with Gasteiger partial charge in [0.25, 0.3) is 0 Å². The fourth-order valence-corrected chi connectivity index (χ4v) is 2.62. The van der Waals surface area contributed by atoms with Crippen molar-refractivity contribution in [3.63, 3.8) is 0 Å². The average Bonchev–Trinajstić information content (AvgIpc) is 2.68. The number of rotatable bonds is 6. The molecule has 1 atom stereocenters. The summed E-state index contributed by atoms with van der Waals surface area (Å²) in [6.45, 7) is 0. The molecule has 130 valence electrons. The summed E-state index contributed by atoms with van der Waals surface area (Å²) in [4.78, 5) is 16.7. The minimum absolute atomic E-state index is 0.253. The van der Waals surface area contributed by atoms with E-state index in [0.717, 1.165) is 11.1 Å². The van der Waals surface area contributed by atoms with Crippen LogP contribution in [-0.2, 0) is 11.2 Å². The van der Waals surface area contributed by atoms with Crippen molar-refractivity contribution in [3.8, 4) is 0 Å². The van der Waals surface area contributed by atoms with Crippen LogP contribution in [0.3, 0.4) is 0 Å². The molecule has 0 aliphatic carbocycles. The third kappa shape index (κ3) is 4.52. The van der Waals surface area contributed by atoms with E-state index in [1.54, 1.807) is 12.1 Å². The van der Waals surface area contributed by atoms with E-state index < -0.39 is 11.9 Å². The van der Waals surface area contributed by atoms with Gasteiger partial charge in [0.2, 0.25) is 5.91 Å². The summed E-state index contributed by atoms with van der Waals surface area (Å²) in [6.07, 6.45) is 0.253. The van der Waals surface area contributed by atoms with Gasteiger partial charge in [-0.1, -0.05) is 72.3 Å². The van der Waals surface area contributed by atoms with Crippen LogP contribution in [0.2, 0.25) is 5.15 Å². The number of nitrogens with zero attached hydrogens (tertiary/aromatic N) is 3. The lowest BCUT2D eigenvalue weighted by Crippen LogP contribution is -2.30. The molecule has 1 heterocycles. The summed E-state index contributed by atoms with van der Waals surface area (Å²) in [7, 11) is 0. The van der Waals surface area contributed by atoms with Crippen LogP contribution in [0.15, 0.2) is 77.8 Å². The number of hydrogen-bond donors (Lipinski definition) is 1. The third-order valence-corrected chi connectivity index (χ3v) is 4.00. The van der Waals surface area contributed by atoms with Crippen LogP contribution in [0.5, 0.6) is 0 Å². The second-order valence-electron chi connectivity index (χ2n) is 5.68. The molecule has 5 nitrogen and oxygen atoms in total. The van der Waals surface area contributed by atoms with Crippen LogP contribution >= 0.6 is 11.6 Å². The van der Waals surface area contributed by atoms with Gasteiger partial charge in [-0.3, -0.25) is 9.79 Å². The summed E-state index contributed by atoms with van der Waals surface area (Å²) in [5.41, 5.74) is 8.72. The fourth-order valence-electron chi connectivity index (χ4n) is 2.52. The first-order valence-electron chi connectivity index (χ1n) is 8.09. The Hall–Kier alpha value is -3.05.